The minimum atomic E-state index is 0.202. The molecule has 4 rings (SSSR count). The lowest BCUT2D eigenvalue weighted by Gasteiger charge is -2.36. The van der Waals surface area contributed by atoms with Crippen molar-refractivity contribution >= 4 is 43.3 Å². The van der Waals surface area contributed by atoms with Crippen molar-refractivity contribution in [3.63, 3.8) is 0 Å². The molecule has 2 atom stereocenters. The first kappa shape index (κ1) is 16.0. The van der Waals surface area contributed by atoms with Crippen molar-refractivity contribution in [3.8, 4) is 11.1 Å². The van der Waals surface area contributed by atoms with Crippen molar-refractivity contribution in [1.29, 1.82) is 0 Å². The van der Waals surface area contributed by atoms with E-state index < -0.39 is 0 Å². The molecule has 1 fully saturated rings. The Kier molecular flexibility index (Phi) is 4.28. The zero-order chi connectivity index (χ0) is 16.7. The molecule has 2 aromatic heterocycles. The van der Waals surface area contributed by atoms with E-state index in [-0.39, 0.29) is 12.2 Å². The van der Waals surface area contributed by atoms with Gasteiger partial charge in [0.15, 0.2) is 0 Å². The van der Waals surface area contributed by atoms with Gasteiger partial charge in [-0.05, 0) is 31.5 Å². The zero-order valence-electron chi connectivity index (χ0n) is 13.6. The van der Waals surface area contributed by atoms with E-state index in [4.69, 9.17) is 4.74 Å². The Bertz CT molecular complexity index is 854. The van der Waals surface area contributed by atoms with Gasteiger partial charge in [0.25, 0.3) is 0 Å². The Labute approximate surface area is 153 Å². The predicted octanol–water partition coefficient (Wildman–Crippen LogP) is 4.73. The summed E-state index contributed by atoms with van der Waals surface area (Å²) in [6.45, 7) is 5.94. The van der Waals surface area contributed by atoms with Crippen LogP contribution in [-0.4, -0.2) is 35.3 Å². The topological polar surface area (TPSA) is 38.2 Å². The second-order valence-corrected chi connectivity index (χ2v) is 7.97. The molecule has 1 aliphatic heterocycles. The van der Waals surface area contributed by atoms with Gasteiger partial charge in [-0.15, -0.1) is 11.3 Å². The van der Waals surface area contributed by atoms with Crippen LogP contribution in [0.2, 0.25) is 0 Å². The number of anilines is 1. The first-order valence-electron chi connectivity index (χ1n) is 8.00. The summed E-state index contributed by atoms with van der Waals surface area (Å²) < 4.78 is 6.95. The van der Waals surface area contributed by atoms with E-state index in [1.165, 1.54) is 11.1 Å². The SMILES string of the molecule is C[C@@H]1CN(c2ncnc3scc(-c4ccc(Br)cc4)c23)C[C@H](C)O1. The van der Waals surface area contributed by atoms with Crippen molar-refractivity contribution in [2.75, 3.05) is 18.0 Å². The Morgan fingerprint density at radius 3 is 2.54 bits per heavy atom. The van der Waals surface area contributed by atoms with Gasteiger partial charge < -0.3 is 9.64 Å². The van der Waals surface area contributed by atoms with Crippen LogP contribution in [-0.2, 0) is 4.74 Å². The Morgan fingerprint density at radius 2 is 1.83 bits per heavy atom. The largest absolute Gasteiger partial charge is 0.372 e. The van der Waals surface area contributed by atoms with Gasteiger partial charge >= 0.3 is 0 Å². The monoisotopic (exact) mass is 403 g/mol. The molecule has 0 bridgehead atoms. The van der Waals surface area contributed by atoms with Gasteiger partial charge in [-0.25, -0.2) is 9.97 Å². The molecule has 0 radical (unpaired) electrons. The standard InChI is InChI=1S/C18H18BrN3OS/c1-11-7-22(8-12(2)23-11)17-16-15(9-24-18(16)21-10-20-17)13-3-5-14(19)6-4-13/h3-6,9-12H,7-8H2,1-2H3/t11-,12+. The Hall–Kier alpha value is -1.50. The van der Waals surface area contributed by atoms with Gasteiger partial charge in [-0.1, -0.05) is 28.1 Å². The number of nitrogens with zero attached hydrogens (tertiary/aromatic N) is 3. The zero-order valence-corrected chi connectivity index (χ0v) is 16.0. The van der Waals surface area contributed by atoms with Gasteiger partial charge in [0.2, 0.25) is 0 Å². The van der Waals surface area contributed by atoms with E-state index in [2.05, 4.69) is 74.3 Å². The Morgan fingerprint density at radius 1 is 1.12 bits per heavy atom. The van der Waals surface area contributed by atoms with Crippen LogP contribution in [0.1, 0.15) is 13.8 Å². The second kappa shape index (κ2) is 6.43. The van der Waals surface area contributed by atoms with E-state index in [1.54, 1.807) is 17.7 Å². The number of halogens is 1. The number of thiophene rings is 1. The number of hydrogen-bond acceptors (Lipinski definition) is 5. The predicted molar refractivity (Wildman–Crippen MR) is 103 cm³/mol. The number of benzene rings is 1. The van der Waals surface area contributed by atoms with Crippen LogP contribution in [0.3, 0.4) is 0 Å². The number of aromatic nitrogens is 2. The quantitative estimate of drug-likeness (QED) is 0.619. The highest BCUT2D eigenvalue weighted by Crippen LogP contribution is 2.38. The minimum Gasteiger partial charge on any atom is -0.372 e. The Balaban J connectivity index is 1.84. The molecule has 0 amide bonds. The molecule has 0 unspecified atom stereocenters. The molecule has 24 heavy (non-hydrogen) atoms. The van der Waals surface area contributed by atoms with Crippen molar-refractivity contribution < 1.29 is 4.74 Å². The fourth-order valence-corrected chi connectivity index (χ4v) is 4.47. The lowest BCUT2D eigenvalue weighted by molar-refractivity contribution is -0.00537. The molecule has 1 aliphatic rings. The van der Waals surface area contributed by atoms with Gasteiger partial charge in [0, 0.05) is 28.5 Å². The third-order valence-corrected chi connectivity index (χ3v) is 5.64. The normalized spacial score (nSPS) is 21.4. The third-order valence-electron chi connectivity index (χ3n) is 4.22. The molecule has 0 N–H and O–H groups in total. The average molecular weight is 404 g/mol. The maximum atomic E-state index is 5.87. The van der Waals surface area contributed by atoms with Gasteiger partial charge in [0.05, 0.1) is 17.6 Å². The summed E-state index contributed by atoms with van der Waals surface area (Å²) in [5.41, 5.74) is 2.39. The molecule has 124 valence electrons. The highest BCUT2D eigenvalue weighted by atomic mass is 79.9. The van der Waals surface area contributed by atoms with Gasteiger partial charge in [-0.3, -0.25) is 0 Å². The van der Waals surface area contributed by atoms with Crippen LogP contribution in [0.4, 0.5) is 5.82 Å². The number of rotatable bonds is 2. The first-order chi connectivity index (χ1) is 11.6. The molecule has 0 saturated carbocycles. The van der Waals surface area contributed by atoms with E-state index >= 15 is 0 Å². The molecular weight excluding hydrogens is 386 g/mol. The van der Waals surface area contributed by atoms with Crippen LogP contribution in [0.15, 0.2) is 40.4 Å². The van der Waals surface area contributed by atoms with Crippen LogP contribution in [0.25, 0.3) is 21.3 Å². The van der Waals surface area contributed by atoms with E-state index in [9.17, 15) is 0 Å². The number of fused-ring (bicyclic) bond motifs is 1. The van der Waals surface area contributed by atoms with Crippen LogP contribution >= 0.6 is 27.3 Å². The summed E-state index contributed by atoms with van der Waals surface area (Å²) in [4.78, 5) is 12.5. The first-order valence-corrected chi connectivity index (χ1v) is 9.67. The second-order valence-electron chi connectivity index (χ2n) is 6.20. The molecule has 0 aliphatic carbocycles. The highest BCUT2D eigenvalue weighted by Gasteiger charge is 2.26. The van der Waals surface area contributed by atoms with E-state index in [1.807, 2.05) is 0 Å². The summed E-state index contributed by atoms with van der Waals surface area (Å²) in [5, 5.41) is 3.32. The smallest absolute Gasteiger partial charge is 0.141 e. The van der Waals surface area contributed by atoms with Crippen LogP contribution in [0.5, 0.6) is 0 Å². The lowest BCUT2D eigenvalue weighted by atomic mass is 10.1. The van der Waals surface area contributed by atoms with Crippen LogP contribution < -0.4 is 4.90 Å². The summed E-state index contributed by atoms with van der Waals surface area (Å²) >= 11 is 5.18. The molecule has 3 aromatic rings. The average Bonchev–Trinajstić information content (AvgIpc) is 2.99. The fraction of sp³-hybridized carbons (Fsp3) is 0.333. The van der Waals surface area contributed by atoms with E-state index in [0.717, 1.165) is 33.6 Å². The molecule has 4 nitrogen and oxygen atoms in total. The van der Waals surface area contributed by atoms with Gasteiger partial charge in [-0.2, -0.15) is 0 Å². The van der Waals surface area contributed by atoms with Crippen LogP contribution in [0, 0.1) is 0 Å². The maximum absolute atomic E-state index is 5.87. The molecule has 0 spiro atoms. The van der Waals surface area contributed by atoms with Crippen molar-refractivity contribution in [3.05, 3.63) is 40.4 Å². The number of hydrogen-bond donors (Lipinski definition) is 0. The van der Waals surface area contributed by atoms with E-state index in [0.29, 0.717) is 0 Å². The molecule has 1 saturated heterocycles. The molecule has 3 heterocycles. The molecule has 6 heteroatoms. The number of ether oxygens (including phenoxy) is 1. The van der Waals surface area contributed by atoms with Crippen molar-refractivity contribution in [1.82, 2.24) is 9.97 Å². The fourth-order valence-electron chi connectivity index (χ4n) is 3.29. The van der Waals surface area contributed by atoms with Crippen molar-refractivity contribution in [2.45, 2.75) is 26.1 Å². The molecular formula is C18H18BrN3OS. The maximum Gasteiger partial charge on any atom is 0.141 e. The summed E-state index contributed by atoms with van der Waals surface area (Å²) in [6, 6.07) is 8.40. The summed E-state index contributed by atoms with van der Waals surface area (Å²) in [7, 11) is 0. The molecule has 1 aromatic carbocycles. The minimum absolute atomic E-state index is 0.202. The third kappa shape index (κ3) is 2.94. The highest BCUT2D eigenvalue weighted by molar-refractivity contribution is 9.10. The van der Waals surface area contributed by atoms with Crippen molar-refractivity contribution in [2.24, 2.45) is 0 Å². The lowest BCUT2D eigenvalue weighted by Crippen LogP contribution is -2.45. The summed E-state index contributed by atoms with van der Waals surface area (Å²) in [6.07, 6.45) is 2.08. The van der Waals surface area contributed by atoms with Gasteiger partial charge in [0.1, 0.15) is 17.0 Å². The number of morpholine rings is 1. The summed E-state index contributed by atoms with van der Waals surface area (Å²) in [5.74, 6) is 1.01.